The maximum absolute atomic E-state index is 13.0. The predicted molar refractivity (Wildman–Crippen MR) is 128 cm³/mol. The summed E-state index contributed by atoms with van der Waals surface area (Å²) in [4.78, 5) is 42.9. The quantitative estimate of drug-likeness (QED) is 0.483. The van der Waals surface area contributed by atoms with Gasteiger partial charge in [-0.05, 0) is 32.5 Å². The van der Waals surface area contributed by atoms with Gasteiger partial charge in [0, 0.05) is 44.8 Å². The molecule has 2 aliphatic rings. The fourth-order valence-corrected chi connectivity index (χ4v) is 5.12. The van der Waals surface area contributed by atoms with Crippen molar-refractivity contribution in [3.8, 4) is 6.07 Å². The predicted octanol–water partition coefficient (Wildman–Crippen LogP) is 1.48. The van der Waals surface area contributed by atoms with Crippen LogP contribution >= 0.6 is 24.0 Å². The third-order valence-electron chi connectivity index (χ3n) is 5.66. The van der Waals surface area contributed by atoms with Gasteiger partial charge in [-0.3, -0.25) is 23.9 Å². The van der Waals surface area contributed by atoms with E-state index < -0.39 is 5.97 Å². The van der Waals surface area contributed by atoms with Crippen LogP contribution in [-0.4, -0.2) is 75.4 Å². The Labute approximate surface area is 195 Å². The van der Waals surface area contributed by atoms with Crippen molar-refractivity contribution in [3.05, 3.63) is 31.9 Å². The summed E-state index contributed by atoms with van der Waals surface area (Å²) in [7, 11) is 2.04. The molecule has 0 radical (unpaired) electrons. The van der Waals surface area contributed by atoms with E-state index in [0.717, 1.165) is 24.9 Å². The number of piperazine rings is 1. The number of pyridine rings is 1. The maximum Gasteiger partial charge on any atom is 0.305 e. The number of likely N-dealkylation sites (N-methyl/N-ethyl adjacent to an activating group) is 1. The average Bonchev–Trinajstić information content (AvgIpc) is 3.01. The molecule has 0 unspecified atom stereocenters. The van der Waals surface area contributed by atoms with Gasteiger partial charge in [0.1, 0.15) is 21.8 Å². The minimum Gasteiger partial charge on any atom is -0.481 e. The Hall–Kier alpha value is -2.68. The number of rotatable bonds is 6. The monoisotopic (exact) mass is 475 g/mol. The minimum atomic E-state index is -1.01. The van der Waals surface area contributed by atoms with E-state index in [2.05, 4.69) is 9.80 Å². The molecule has 1 N–H and O–H groups in total. The number of carbonyl (C=O) groups excluding carboxylic acids is 1. The fourth-order valence-electron chi connectivity index (χ4n) is 3.83. The van der Waals surface area contributed by atoms with Crippen LogP contribution in [0, 0.1) is 18.3 Å². The summed E-state index contributed by atoms with van der Waals surface area (Å²) in [6, 6.07) is 2.02. The highest BCUT2D eigenvalue weighted by molar-refractivity contribution is 8.26. The molecule has 3 rings (SSSR count). The van der Waals surface area contributed by atoms with E-state index in [4.69, 9.17) is 17.3 Å². The Morgan fingerprint density at radius 3 is 2.50 bits per heavy atom. The van der Waals surface area contributed by atoms with Crippen molar-refractivity contribution in [3.63, 3.8) is 0 Å². The number of aromatic nitrogens is 1. The summed E-state index contributed by atoms with van der Waals surface area (Å²) >= 11 is 6.40. The molecular formula is C21H25N5O4S2. The number of thioether (sulfide) groups is 1. The second-order valence-electron chi connectivity index (χ2n) is 7.67. The smallest absolute Gasteiger partial charge is 0.305 e. The molecule has 1 aromatic heterocycles. The summed E-state index contributed by atoms with van der Waals surface area (Å²) in [6.07, 6.45) is 1.49. The van der Waals surface area contributed by atoms with Crippen LogP contribution in [0.3, 0.4) is 0 Å². The van der Waals surface area contributed by atoms with Crippen LogP contribution in [-0.2, 0) is 16.1 Å². The van der Waals surface area contributed by atoms with Gasteiger partial charge < -0.3 is 14.9 Å². The Balaban J connectivity index is 2.14. The summed E-state index contributed by atoms with van der Waals surface area (Å²) in [5.74, 6) is -0.680. The summed E-state index contributed by atoms with van der Waals surface area (Å²) in [5, 5.41) is 18.6. The van der Waals surface area contributed by atoms with Gasteiger partial charge in [0.25, 0.3) is 11.5 Å². The molecule has 0 aromatic carbocycles. The Morgan fingerprint density at radius 2 is 1.94 bits per heavy atom. The molecule has 0 saturated carbocycles. The number of nitriles is 1. The van der Waals surface area contributed by atoms with Gasteiger partial charge in [0.15, 0.2) is 0 Å². The fraction of sp³-hybridized carbons (Fsp3) is 0.476. The van der Waals surface area contributed by atoms with Crippen molar-refractivity contribution in [2.24, 2.45) is 0 Å². The number of amides is 1. The number of carbonyl (C=O) groups is 2. The van der Waals surface area contributed by atoms with Crippen LogP contribution in [0.2, 0.25) is 0 Å². The molecule has 3 heterocycles. The molecule has 2 aliphatic heterocycles. The number of hydrogen-bond acceptors (Lipinski definition) is 8. The van der Waals surface area contributed by atoms with Crippen LogP contribution in [0.5, 0.6) is 0 Å². The molecule has 0 atom stereocenters. The first-order valence-corrected chi connectivity index (χ1v) is 11.5. The number of aliphatic carboxylic acids is 1. The van der Waals surface area contributed by atoms with Crippen molar-refractivity contribution < 1.29 is 14.7 Å². The van der Waals surface area contributed by atoms with Gasteiger partial charge >= 0.3 is 5.97 Å². The molecule has 2 saturated heterocycles. The molecule has 1 amide bonds. The second kappa shape index (κ2) is 9.85. The van der Waals surface area contributed by atoms with E-state index >= 15 is 0 Å². The highest BCUT2D eigenvalue weighted by Crippen LogP contribution is 2.36. The lowest BCUT2D eigenvalue weighted by molar-refractivity contribution is -0.137. The summed E-state index contributed by atoms with van der Waals surface area (Å²) in [5.41, 5.74) is 0.878. The molecule has 0 bridgehead atoms. The van der Waals surface area contributed by atoms with Gasteiger partial charge in [0.2, 0.25) is 0 Å². The molecule has 0 spiro atoms. The first-order chi connectivity index (χ1) is 15.2. The van der Waals surface area contributed by atoms with Crippen molar-refractivity contribution >= 4 is 52.1 Å². The lowest BCUT2D eigenvalue weighted by Crippen LogP contribution is -2.47. The molecule has 0 aliphatic carbocycles. The molecule has 170 valence electrons. The lowest BCUT2D eigenvalue weighted by atomic mass is 10.0. The number of anilines is 1. The lowest BCUT2D eigenvalue weighted by Gasteiger charge is -2.36. The second-order valence-corrected chi connectivity index (χ2v) is 9.34. The third kappa shape index (κ3) is 4.57. The molecular weight excluding hydrogens is 450 g/mol. The summed E-state index contributed by atoms with van der Waals surface area (Å²) in [6.45, 7) is 7.03. The highest BCUT2D eigenvalue weighted by atomic mass is 32.2. The minimum absolute atomic E-state index is 0.000454. The van der Waals surface area contributed by atoms with Crippen LogP contribution in [0.4, 0.5) is 5.82 Å². The first kappa shape index (κ1) is 24.0. The Bertz CT molecular complexity index is 1100. The number of carboxylic acids is 1. The highest BCUT2D eigenvalue weighted by Gasteiger charge is 2.33. The summed E-state index contributed by atoms with van der Waals surface area (Å²) < 4.78 is 1.89. The zero-order valence-electron chi connectivity index (χ0n) is 18.3. The zero-order valence-corrected chi connectivity index (χ0v) is 19.9. The molecule has 2 fully saturated rings. The van der Waals surface area contributed by atoms with E-state index in [1.54, 1.807) is 17.6 Å². The van der Waals surface area contributed by atoms with Gasteiger partial charge in [0.05, 0.1) is 11.3 Å². The van der Waals surface area contributed by atoms with Gasteiger partial charge in [-0.15, -0.1) is 0 Å². The van der Waals surface area contributed by atoms with Crippen LogP contribution in [0.25, 0.3) is 6.08 Å². The number of hydrogen-bond donors (Lipinski definition) is 1. The third-order valence-corrected chi connectivity index (χ3v) is 7.04. The van der Waals surface area contributed by atoms with Crippen molar-refractivity contribution in [2.75, 3.05) is 44.7 Å². The van der Waals surface area contributed by atoms with Crippen LogP contribution < -0.4 is 10.5 Å². The van der Waals surface area contributed by atoms with Crippen LogP contribution in [0.1, 0.15) is 30.0 Å². The average molecular weight is 476 g/mol. The van der Waals surface area contributed by atoms with Crippen molar-refractivity contribution in [1.29, 1.82) is 5.26 Å². The number of thiocarbonyl (C=S) groups is 1. The van der Waals surface area contributed by atoms with E-state index in [-0.39, 0.29) is 30.0 Å². The van der Waals surface area contributed by atoms with E-state index in [1.165, 1.54) is 4.90 Å². The van der Waals surface area contributed by atoms with Gasteiger partial charge in [-0.2, -0.15) is 5.26 Å². The van der Waals surface area contributed by atoms with Crippen molar-refractivity contribution in [1.82, 2.24) is 14.4 Å². The van der Waals surface area contributed by atoms with E-state index in [9.17, 15) is 19.6 Å². The van der Waals surface area contributed by atoms with E-state index in [1.807, 2.05) is 20.0 Å². The SMILES string of the molecule is CCn1c(N2CCN(C)CC2)c(/C=C2/SC(=S)N(CCC(=O)O)C2=O)c(C)c(C#N)c1=O. The Kier molecular flexibility index (Phi) is 7.38. The normalized spacial score (nSPS) is 18.5. The molecule has 11 heteroatoms. The topological polar surface area (TPSA) is 110 Å². The Morgan fingerprint density at radius 1 is 1.28 bits per heavy atom. The van der Waals surface area contributed by atoms with Gasteiger partial charge in [-0.25, -0.2) is 0 Å². The number of carboxylic acid groups (broad SMARTS) is 1. The molecule has 1 aromatic rings. The zero-order chi connectivity index (χ0) is 23.6. The van der Waals surface area contributed by atoms with Crippen molar-refractivity contribution in [2.45, 2.75) is 26.8 Å². The molecule has 9 nitrogen and oxygen atoms in total. The standard InChI is InChI=1S/C21H25N5O4S2/c1-4-25-18(24-9-7-23(3)8-10-24)14(13(2)15(12-22)19(25)29)11-16-20(30)26(21(31)32-16)6-5-17(27)28/h11H,4-10H2,1-3H3,(H,27,28)/b16-11+. The maximum atomic E-state index is 13.0. The largest absolute Gasteiger partial charge is 0.481 e. The first-order valence-electron chi connectivity index (χ1n) is 10.3. The van der Waals surface area contributed by atoms with Gasteiger partial charge in [-0.1, -0.05) is 24.0 Å². The number of nitrogens with zero attached hydrogens (tertiary/aromatic N) is 5. The molecule has 32 heavy (non-hydrogen) atoms. The van der Waals surface area contributed by atoms with E-state index in [0.29, 0.717) is 45.8 Å². The van der Waals surface area contributed by atoms with Crippen LogP contribution in [0.15, 0.2) is 9.70 Å².